The van der Waals surface area contributed by atoms with Crippen molar-refractivity contribution in [3.8, 4) is 23.0 Å². The predicted molar refractivity (Wildman–Crippen MR) is 211 cm³/mol. The molecule has 4 atom stereocenters. The molecule has 2 aliphatic rings. The molecule has 1 amide bonds. The van der Waals surface area contributed by atoms with Crippen LogP contribution in [0.5, 0.6) is 0 Å². The Kier molecular flexibility index (Phi) is 12.9. The van der Waals surface area contributed by atoms with Crippen LogP contribution in [0.1, 0.15) is 72.0 Å². The number of aromatic nitrogens is 5. The van der Waals surface area contributed by atoms with Crippen LogP contribution in [0, 0.1) is 29.4 Å². The zero-order valence-electron chi connectivity index (χ0n) is 34.2. The van der Waals surface area contributed by atoms with Crippen molar-refractivity contribution in [2.45, 2.75) is 74.1 Å². The van der Waals surface area contributed by atoms with E-state index in [0.29, 0.717) is 17.0 Å². The van der Waals surface area contributed by atoms with Gasteiger partial charge in [0.15, 0.2) is 21.3 Å². The predicted octanol–water partition coefficient (Wildman–Crippen LogP) is 5.71. The quantitative estimate of drug-likeness (QED) is 0.0997. The molecule has 0 spiro atoms. The van der Waals surface area contributed by atoms with Crippen LogP contribution in [0.2, 0.25) is 5.02 Å². The first kappa shape index (κ1) is 50.0. The molecule has 2 aliphatic carbocycles. The Labute approximate surface area is 390 Å². The number of nitrogens with zero attached hydrogens (tertiary/aromatic N) is 5. The largest absolute Gasteiger partial charge is 1.00 e. The van der Waals surface area contributed by atoms with Crippen LogP contribution in [0.15, 0.2) is 42.5 Å². The van der Waals surface area contributed by atoms with Gasteiger partial charge >= 0.3 is 41.9 Å². The molecule has 7 rings (SSSR count). The number of amides is 1. The second-order valence-corrected chi connectivity index (χ2v) is 20.7. The standard InChI is InChI=1S/C39H32ClF10N7O5S2.Na/c1-36(2,63(3,59)60)10-9-20-5-6-21(22-7-8-26(40)28-30(22)56(16-37(43,44)45)54-35(28)55-64(4,61)62)29(52-20)24(13-17-11-18(41)14-19(42)12-17)31(34(51)58)57-33-27(32(53-57)39(48,49)50)23-15-25(23)38(33,46)47;/h5-8,11-12,14,23-25,31H,13,15-16H2,1-4H3,(H3,51,54,55,58);/q;+1/p-1/t23-,24+,25+,31?;/m0./s1. The monoisotopic (exact) mass is 989 g/mol. The summed E-state index contributed by atoms with van der Waals surface area (Å²) in [6, 6.07) is 3.70. The summed E-state index contributed by atoms with van der Waals surface area (Å²) in [7, 11) is -8.20. The van der Waals surface area contributed by atoms with Crippen LogP contribution in [0.4, 0.5) is 49.7 Å². The van der Waals surface area contributed by atoms with Crippen LogP contribution in [-0.2, 0) is 49.7 Å². The van der Waals surface area contributed by atoms with E-state index in [-0.39, 0.29) is 68.1 Å². The van der Waals surface area contributed by atoms with Crippen molar-refractivity contribution in [1.82, 2.24) is 24.5 Å². The molecule has 26 heteroatoms. The summed E-state index contributed by atoms with van der Waals surface area (Å²) in [5.74, 6) is -9.12. The minimum atomic E-state index is -5.38. The fourth-order valence-electron chi connectivity index (χ4n) is 7.83. The van der Waals surface area contributed by atoms with Gasteiger partial charge in [0.25, 0.3) is 5.92 Å². The van der Waals surface area contributed by atoms with Gasteiger partial charge in [-0.2, -0.15) is 45.3 Å². The number of sulfone groups is 1. The third-order valence-electron chi connectivity index (χ3n) is 10.9. The van der Waals surface area contributed by atoms with Crippen molar-refractivity contribution >= 4 is 54.1 Å². The van der Waals surface area contributed by atoms with Gasteiger partial charge in [0.05, 0.1) is 33.8 Å². The van der Waals surface area contributed by atoms with Crippen molar-refractivity contribution in [2.24, 2.45) is 5.92 Å². The van der Waals surface area contributed by atoms with E-state index in [1.165, 1.54) is 13.8 Å². The van der Waals surface area contributed by atoms with E-state index in [0.717, 1.165) is 42.7 Å². The Morgan fingerprint density at radius 2 is 1.60 bits per heavy atom. The molecule has 5 aromatic rings. The van der Waals surface area contributed by atoms with E-state index in [1.54, 1.807) is 0 Å². The van der Waals surface area contributed by atoms with Crippen molar-refractivity contribution < 1.29 is 95.1 Å². The minimum absolute atomic E-state index is 0. The molecule has 342 valence electrons. The summed E-state index contributed by atoms with van der Waals surface area (Å²) >= 11 is 6.46. The van der Waals surface area contributed by atoms with E-state index >= 15 is 8.78 Å². The van der Waals surface area contributed by atoms with Gasteiger partial charge in [-0.25, -0.2) is 30.6 Å². The van der Waals surface area contributed by atoms with Crippen LogP contribution in [-0.4, -0.2) is 70.7 Å². The van der Waals surface area contributed by atoms with Gasteiger partial charge in [-0.05, 0) is 74.4 Å². The Balaban J connectivity index is 0.00000700. The number of fused-ring (bicyclic) bond motifs is 4. The van der Waals surface area contributed by atoms with E-state index in [4.69, 9.17) is 17.3 Å². The van der Waals surface area contributed by atoms with Gasteiger partial charge in [0.2, 0.25) is 10.0 Å². The fourth-order valence-corrected chi connectivity index (χ4v) is 8.80. The molecular weight excluding hydrogens is 959 g/mol. The smallest absolute Gasteiger partial charge is 0.666 e. The molecule has 0 saturated heterocycles. The first-order chi connectivity index (χ1) is 29.3. The SMILES string of the molecule is CC(C)(C#Cc1ccc(-c2ccc(Cl)c3c(NS(C)(=O)=O)nn(CC(F)(F)F)c23)c([C@@H](Cc2cc(F)cc(F)c2)C(C([NH-])=O)n2nc(C(F)(F)F)c3c2C(F)(F)[C@@H]2C[C@H]32)n1)S(C)(=O)=O.[Na+]. The Bertz CT molecular complexity index is 3050. The number of carbonyl (C=O) groups excluding carboxylic acids is 1. The molecule has 2 aromatic carbocycles. The van der Waals surface area contributed by atoms with Crippen molar-refractivity contribution in [3.63, 3.8) is 0 Å². The number of anilines is 1. The summed E-state index contributed by atoms with van der Waals surface area (Å²) in [6.07, 6.45) is -10.2. The summed E-state index contributed by atoms with van der Waals surface area (Å²) in [5, 5.41) is 6.49. The first-order valence-corrected chi connectivity index (χ1v) is 22.7. The van der Waals surface area contributed by atoms with E-state index in [9.17, 15) is 56.8 Å². The first-order valence-electron chi connectivity index (χ1n) is 18.5. The van der Waals surface area contributed by atoms with Gasteiger partial charge < -0.3 is 10.5 Å². The molecule has 1 saturated carbocycles. The number of hydrogen-bond acceptors (Lipinski definition) is 8. The Morgan fingerprint density at radius 1 is 0.985 bits per heavy atom. The number of hydrogen-bond donors (Lipinski definition) is 1. The van der Waals surface area contributed by atoms with Crippen molar-refractivity contribution in [2.75, 3.05) is 17.2 Å². The van der Waals surface area contributed by atoms with Gasteiger partial charge in [0.1, 0.15) is 40.4 Å². The fraction of sp³-hybridized carbons (Fsp3) is 0.385. The Hall–Kier alpha value is -4.41. The second kappa shape index (κ2) is 16.7. The molecule has 1 fully saturated rings. The van der Waals surface area contributed by atoms with Gasteiger partial charge in [-0.15, -0.1) is 0 Å². The Morgan fingerprint density at radius 3 is 2.15 bits per heavy atom. The maximum atomic E-state index is 16.1. The number of benzene rings is 2. The molecule has 3 aromatic heterocycles. The summed E-state index contributed by atoms with van der Waals surface area (Å²) in [4.78, 5) is 18.2. The zero-order chi connectivity index (χ0) is 47.4. The van der Waals surface area contributed by atoms with Crippen LogP contribution >= 0.6 is 11.6 Å². The number of nitrogens with one attached hydrogen (secondary N) is 2. The molecule has 12 nitrogen and oxygen atoms in total. The summed E-state index contributed by atoms with van der Waals surface area (Å²) in [6.45, 7) is 0.540. The van der Waals surface area contributed by atoms with E-state index in [1.807, 2.05) is 4.72 Å². The second-order valence-electron chi connectivity index (χ2n) is 16.0. The van der Waals surface area contributed by atoms with E-state index in [2.05, 4.69) is 27.0 Å². The normalized spacial score (nSPS) is 18.0. The molecule has 0 aliphatic heterocycles. The van der Waals surface area contributed by atoms with Crippen LogP contribution < -0.4 is 34.3 Å². The molecule has 0 radical (unpaired) electrons. The number of halogens is 11. The topological polar surface area (TPSA) is 170 Å². The molecule has 0 bridgehead atoms. The summed E-state index contributed by atoms with van der Waals surface area (Å²) in [5.41, 5.74) is 1.67. The number of pyridine rings is 1. The number of rotatable bonds is 11. The van der Waals surface area contributed by atoms with Crippen molar-refractivity contribution in [3.05, 3.63) is 98.8 Å². The van der Waals surface area contributed by atoms with Crippen LogP contribution in [0.25, 0.3) is 27.8 Å². The molecule has 1 unspecified atom stereocenters. The van der Waals surface area contributed by atoms with Crippen LogP contribution in [0.3, 0.4) is 0 Å². The minimum Gasteiger partial charge on any atom is -0.666 e. The number of carbonyl (C=O) groups is 1. The maximum Gasteiger partial charge on any atom is 1.00 e. The molecular formula is C39H31ClF10N7NaO5S2. The molecule has 65 heavy (non-hydrogen) atoms. The third kappa shape index (κ3) is 9.72. The number of alkyl halides is 8. The maximum absolute atomic E-state index is 16.1. The number of sulfonamides is 1. The average molecular weight is 990 g/mol. The van der Waals surface area contributed by atoms with E-state index < -0.39 is 137 Å². The average Bonchev–Trinajstić information content (AvgIpc) is 3.64. The zero-order valence-corrected chi connectivity index (χ0v) is 38.6. The van der Waals surface area contributed by atoms with Gasteiger partial charge in [0, 0.05) is 40.8 Å². The summed E-state index contributed by atoms with van der Waals surface area (Å²) < 4.78 is 199. The van der Waals surface area contributed by atoms with Crippen molar-refractivity contribution in [1.29, 1.82) is 0 Å². The molecule has 3 heterocycles. The van der Waals surface area contributed by atoms with Gasteiger partial charge in [-0.3, -0.25) is 14.1 Å². The third-order valence-corrected chi connectivity index (χ3v) is 13.7. The molecule has 2 N–H and O–H groups in total. The van der Waals surface area contributed by atoms with Gasteiger partial charge in [-0.1, -0.05) is 23.6 Å².